The molecule has 6 heteroatoms. The minimum Gasteiger partial charge on any atom is -0.497 e. The van der Waals surface area contributed by atoms with Crippen LogP contribution < -0.4 is 4.74 Å². The van der Waals surface area contributed by atoms with Gasteiger partial charge in [0.1, 0.15) is 5.75 Å². The average molecular weight is 358 g/mol. The summed E-state index contributed by atoms with van der Waals surface area (Å²) in [5, 5.41) is 1.91. The SMILES string of the molecule is COc1cccc(CC(=O)N2CCCN(C(=O)c3cccs3)CC2)c1. The van der Waals surface area contributed by atoms with E-state index >= 15 is 0 Å². The van der Waals surface area contributed by atoms with Crippen molar-refractivity contribution < 1.29 is 14.3 Å². The summed E-state index contributed by atoms with van der Waals surface area (Å²) in [6, 6.07) is 11.3. The Balaban J connectivity index is 1.58. The number of amides is 2. The van der Waals surface area contributed by atoms with E-state index in [1.165, 1.54) is 11.3 Å². The molecule has 0 unspecified atom stereocenters. The highest BCUT2D eigenvalue weighted by molar-refractivity contribution is 7.12. The number of carbonyl (C=O) groups is 2. The second-order valence-corrected chi connectivity index (χ2v) is 6.98. The summed E-state index contributed by atoms with van der Waals surface area (Å²) in [6.45, 7) is 2.55. The van der Waals surface area contributed by atoms with Crippen molar-refractivity contribution >= 4 is 23.2 Å². The molecule has 0 atom stereocenters. The fraction of sp³-hybridized carbons (Fsp3) is 0.368. The maximum absolute atomic E-state index is 12.6. The van der Waals surface area contributed by atoms with Gasteiger partial charge in [-0.25, -0.2) is 0 Å². The summed E-state index contributed by atoms with van der Waals surface area (Å²) >= 11 is 1.46. The van der Waals surface area contributed by atoms with Crippen LogP contribution in [0.3, 0.4) is 0 Å². The predicted octanol–water partition coefficient (Wildman–Crippen LogP) is 2.67. The number of hydrogen-bond donors (Lipinski definition) is 0. The van der Waals surface area contributed by atoms with Crippen molar-refractivity contribution in [2.45, 2.75) is 12.8 Å². The Kier molecular flexibility index (Phi) is 5.71. The highest BCUT2D eigenvalue weighted by atomic mass is 32.1. The van der Waals surface area contributed by atoms with Gasteiger partial charge in [0.15, 0.2) is 0 Å². The molecule has 0 saturated carbocycles. The molecule has 1 aliphatic heterocycles. The lowest BCUT2D eigenvalue weighted by Gasteiger charge is -2.22. The number of benzene rings is 1. The minimum atomic E-state index is 0.0668. The van der Waals surface area contributed by atoms with Crippen molar-refractivity contribution in [2.75, 3.05) is 33.3 Å². The van der Waals surface area contributed by atoms with Crippen molar-refractivity contribution in [3.05, 3.63) is 52.2 Å². The molecule has 1 aromatic carbocycles. The zero-order valence-electron chi connectivity index (χ0n) is 14.3. The molecular formula is C19H22N2O3S. The van der Waals surface area contributed by atoms with Crippen molar-refractivity contribution in [1.29, 1.82) is 0 Å². The molecule has 0 aliphatic carbocycles. The fourth-order valence-electron chi connectivity index (χ4n) is 2.99. The molecule has 0 spiro atoms. The van der Waals surface area contributed by atoms with Crippen LogP contribution in [0.2, 0.25) is 0 Å². The maximum atomic E-state index is 12.6. The number of thiophene rings is 1. The third-order valence-electron chi connectivity index (χ3n) is 4.36. The van der Waals surface area contributed by atoms with E-state index in [1.807, 2.05) is 51.6 Å². The van der Waals surface area contributed by atoms with E-state index in [2.05, 4.69) is 0 Å². The van der Waals surface area contributed by atoms with Crippen LogP contribution in [0.4, 0.5) is 0 Å². The van der Waals surface area contributed by atoms with Crippen LogP contribution in [0, 0.1) is 0 Å². The van der Waals surface area contributed by atoms with E-state index in [1.54, 1.807) is 7.11 Å². The van der Waals surface area contributed by atoms with E-state index in [0.29, 0.717) is 32.6 Å². The van der Waals surface area contributed by atoms with E-state index in [0.717, 1.165) is 22.6 Å². The van der Waals surface area contributed by atoms with Crippen molar-refractivity contribution in [1.82, 2.24) is 9.80 Å². The van der Waals surface area contributed by atoms with Gasteiger partial charge in [-0.2, -0.15) is 0 Å². The average Bonchev–Trinajstić information content (AvgIpc) is 3.05. The summed E-state index contributed by atoms with van der Waals surface area (Å²) in [6.07, 6.45) is 1.16. The number of ether oxygens (including phenoxy) is 1. The number of carbonyl (C=O) groups excluding carboxylic acids is 2. The van der Waals surface area contributed by atoms with Gasteiger partial charge in [0.25, 0.3) is 5.91 Å². The first-order valence-corrected chi connectivity index (χ1v) is 9.29. The van der Waals surface area contributed by atoms with Gasteiger partial charge in [0.2, 0.25) is 5.91 Å². The van der Waals surface area contributed by atoms with Gasteiger partial charge in [0, 0.05) is 26.2 Å². The van der Waals surface area contributed by atoms with Gasteiger partial charge in [-0.05, 0) is 35.6 Å². The Morgan fingerprint density at radius 1 is 1.08 bits per heavy atom. The lowest BCUT2D eigenvalue weighted by atomic mass is 10.1. The minimum absolute atomic E-state index is 0.0668. The molecule has 5 nitrogen and oxygen atoms in total. The Morgan fingerprint density at radius 2 is 1.88 bits per heavy atom. The number of rotatable bonds is 4. The number of nitrogens with zero attached hydrogens (tertiary/aromatic N) is 2. The third kappa shape index (κ3) is 4.39. The third-order valence-corrected chi connectivity index (χ3v) is 5.22. The molecule has 2 aromatic rings. The Labute approximate surface area is 151 Å². The normalized spacial score (nSPS) is 14.9. The van der Waals surface area contributed by atoms with Crippen LogP contribution in [0.15, 0.2) is 41.8 Å². The predicted molar refractivity (Wildman–Crippen MR) is 98.1 cm³/mol. The molecule has 0 bridgehead atoms. The van der Waals surface area contributed by atoms with Gasteiger partial charge in [-0.3, -0.25) is 9.59 Å². The largest absolute Gasteiger partial charge is 0.497 e. The molecule has 2 heterocycles. The van der Waals surface area contributed by atoms with E-state index in [9.17, 15) is 9.59 Å². The lowest BCUT2D eigenvalue weighted by Crippen LogP contribution is -2.37. The second-order valence-electron chi connectivity index (χ2n) is 6.03. The van der Waals surface area contributed by atoms with Crippen molar-refractivity contribution in [3.63, 3.8) is 0 Å². The first kappa shape index (κ1) is 17.5. The lowest BCUT2D eigenvalue weighted by molar-refractivity contribution is -0.130. The Hall–Kier alpha value is -2.34. The van der Waals surface area contributed by atoms with Crippen LogP contribution in [-0.4, -0.2) is 54.9 Å². The van der Waals surface area contributed by atoms with E-state index in [4.69, 9.17) is 4.74 Å². The fourth-order valence-corrected chi connectivity index (χ4v) is 3.69. The van der Waals surface area contributed by atoms with Crippen molar-refractivity contribution in [2.24, 2.45) is 0 Å². The Bertz CT molecular complexity index is 730. The van der Waals surface area contributed by atoms with Crippen LogP contribution in [-0.2, 0) is 11.2 Å². The van der Waals surface area contributed by atoms with Crippen LogP contribution in [0.5, 0.6) is 5.75 Å². The van der Waals surface area contributed by atoms with Gasteiger partial charge >= 0.3 is 0 Å². The summed E-state index contributed by atoms with van der Waals surface area (Å²) < 4.78 is 5.21. The van der Waals surface area contributed by atoms with Crippen LogP contribution in [0.25, 0.3) is 0 Å². The van der Waals surface area contributed by atoms with Gasteiger partial charge < -0.3 is 14.5 Å². The maximum Gasteiger partial charge on any atom is 0.263 e. The zero-order chi connectivity index (χ0) is 17.6. The molecule has 3 rings (SSSR count). The van der Waals surface area contributed by atoms with Gasteiger partial charge in [-0.1, -0.05) is 18.2 Å². The second kappa shape index (κ2) is 8.16. The first-order chi connectivity index (χ1) is 12.2. The van der Waals surface area contributed by atoms with Crippen molar-refractivity contribution in [3.8, 4) is 5.75 Å². The van der Waals surface area contributed by atoms with Crippen LogP contribution >= 0.6 is 11.3 Å². The molecule has 1 saturated heterocycles. The molecule has 2 amide bonds. The smallest absolute Gasteiger partial charge is 0.263 e. The summed E-state index contributed by atoms with van der Waals surface area (Å²) in [7, 11) is 1.62. The quantitative estimate of drug-likeness (QED) is 0.844. The summed E-state index contributed by atoms with van der Waals surface area (Å²) in [5.74, 6) is 0.921. The summed E-state index contributed by atoms with van der Waals surface area (Å²) in [4.78, 5) is 29.6. The number of methoxy groups -OCH3 is 1. The Morgan fingerprint density at radius 3 is 2.64 bits per heavy atom. The standard InChI is InChI=1S/C19H22N2O3S/c1-24-16-6-2-5-15(13-16)14-18(22)20-8-4-9-21(11-10-20)19(23)17-7-3-12-25-17/h2-3,5-7,12-13H,4,8-11,14H2,1H3. The highest BCUT2D eigenvalue weighted by Crippen LogP contribution is 2.16. The summed E-state index contributed by atoms with van der Waals surface area (Å²) in [5.41, 5.74) is 0.945. The molecule has 1 fully saturated rings. The topological polar surface area (TPSA) is 49.9 Å². The number of hydrogen-bond acceptors (Lipinski definition) is 4. The molecule has 25 heavy (non-hydrogen) atoms. The van der Waals surface area contributed by atoms with Crippen LogP contribution in [0.1, 0.15) is 21.7 Å². The first-order valence-electron chi connectivity index (χ1n) is 8.41. The molecule has 0 radical (unpaired) electrons. The molecule has 0 N–H and O–H groups in total. The van der Waals surface area contributed by atoms with E-state index < -0.39 is 0 Å². The van der Waals surface area contributed by atoms with Gasteiger partial charge in [0.05, 0.1) is 18.4 Å². The highest BCUT2D eigenvalue weighted by Gasteiger charge is 2.23. The zero-order valence-corrected chi connectivity index (χ0v) is 15.1. The van der Waals surface area contributed by atoms with Gasteiger partial charge in [-0.15, -0.1) is 11.3 Å². The van der Waals surface area contributed by atoms with E-state index in [-0.39, 0.29) is 11.8 Å². The molecular weight excluding hydrogens is 336 g/mol. The molecule has 132 valence electrons. The molecule has 1 aromatic heterocycles. The molecule has 1 aliphatic rings. The monoisotopic (exact) mass is 358 g/mol.